The van der Waals surface area contributed by atoms with Gasteiger partial charge in [0, 0.05) is 23.0 Å². The molecule has 3 atom stereocenters. The first-order valence-corrected chi connectivity index (χ1v) is 8.13. The van der Waals surface area contributed by atoms with Crippen LogP contribution in [0.25, 0.3) is 0 Å². The smallest absolute Gasteiger partial charge is 0.227 e. The third-order valence-corrected chi connectivity index (χ3v) is 4.79. The largest absolute Gasteiger partial charge is 0.308 e. The summed E-state index contributed by atoms with van der Waals surface area (Å²) < 4.78 is 0. The summed E-state index contributed by atoms with van der Waals surface area (Å²) in [5.74, 6) is 0.203. The van der Waals surface area contributed by atoms with Gasteiger partial charge >= 0.3 is 0 Å². The summed E-state index contributed by atoms with van der Waals surface area (Å²) in [6.45, 7) is 1.93. The molecule has 1 saturated carbocycles. The minimum Gasteiger partial charge on any atom is -0.308 e. The SMILES string of the molecule is CCC(=O)N(c1ccccc1)C1CC(Br)CC1N(C)C. The maximum Gasteiger partial charge on any atom is 0.227 e. The highest BCUT2D eigenvalue weighted by Crippen LogP contribution is 2.35. The van der Waals surface area contributed by atoms with Gasteiger partial charge in [-0.1, -0.05) is 41.1 Å². The van der Waals surface area contributed by atoms with Gasteiger partial charge in [0.15, 0.2) is 0 Å². The fourth-order valence-corrected chi connectivity index (χ4v) is 3.81. The lowest BCUT2D eigenvalue weighted by atomic mass is 10.1. The van der Waals surface area contributed by atoms with Crippen LogP contribution < -0.4 is 4.90 Å². The van der Waals surface area contributed by atoms with E-state index >= 15 is 0 Å². The van der Waals surface area contributed by atoms with E-state index in [1.165, 1.54) is 0 Å². The fraction of sp³-hybridized carbons (Fsp3) is 0.562. The third-order valence-electron chi connectivity index (χ3n) is 4.04. The zero-order chi connectivity index (χ0) is 14.7. The molecule has 0 heterocycles. The van der Waals surface area contributed by atoms with Crippen LogP contribution in [0.15, 0.2) is 30.3 Å². The molecule has 0 spiro atoms. The van der Waals surface area contributed by atoms with Crippen molar-refractivity contribution in [3.63, 3.8) is 0 Å². The number of likely N-dealkylation sites (N-methyl/N-ethyl adjacent to an activating group) is 1. The number of amides is 1. The molecular weight excluding hydrogens is 316 g/mol. The van der Waals surface area contributed by atoms with Crippen LogP contribution in [0.3, 0.4) is 0 Å². The van der Waals surface area contributed by atoms with Crippen LogP contribution in [0.4, 0.5) is 5.69 Å². The second-order valence-corrected chi connectivity index (χ2v) is 6.91. The molecule has 0 bridgehead atoms. The lowest BCUT2D eigenvalue weighted by Crippen LogP contribution is -2.49. The van der Waals surface area contributed by atoms with E-state index in [4.69, 9.17) is 0 Å². The summed E-state index contributed by atoms with van der Waals surface area (Å²) in [7, 11) is 4.20. The van der Waals surface area contributed by atoms with E-state index in [0.717, 1.165) is 18.5 Å². The summed E-state index contributed by atoms with van der Waals surface area (Å²) in [5, 5.41) is 0. The van der Waals surface area contributed by atoms with Crippen LogP contribution in [-0.2, 0) is 4.79 Å². The Morgan fingerprint density at radius 1 is 1.20 bits per heavy atom. The number of anilines is 1. The Bertz CT molecular complexity index is 449. The molecule has 1 aliphatic carbocycles. The molecule has 1 aromatic rings. The number of nitrogens with zero attached hydrogens (tertiary/aromatic N) is 2. The van der Waals surface area contributed by atoms with Crippen LogP contribution in [-0.4, -0.2) is 41.8 Å². The van der Waals surface area contributed by atoms with Gasteiger partial charge in [0.25, 0.3) is 0 Å². The lowest BCUT2D eigenvalue weighted by molar-refractivity contribution is -0.119. The van der Waals surface area contributed by atoms with Crippen molar-refractivity contribution in [2.75, 3.05) is 19.0 Å². The van der Waals surface area contributed by atoms with Crippen molar-refractivity contribution < 1.29 is 4.79 Å². The van der Waals surface area contributed by atoms with Crippen LogP contribution in [0.5, 0.6) is 0 Å². The van der Waals surface area contributed by atoms with E-state index in [9.17, 15) is 4.79 Å². The molecule has 0 N–H and O–H groups in total. The summed E-state index contributed by atoms with van der Waals surface area (Å²) in [6, 6.07) is 10.7. The monoisotopic (exact) mass is 338 g/mol. The normalized spacial score (nSPS) is 25.9. The number of carbonyl (C=O) groups excluding carboxylic acids is 1. The Morgan fingerprint density at radius 2 is 1.80 bits per heavy atom. The van der Waals surface area contributed by atoms with Gasteiger partial charge < -0.3 is 9.80 Å². The van der Waals surface area contributed by atoms with Gasteiger partial charge in [-0.3, -0.25) is 4.79 Å². The molecular formula is C16H23BrN2O. The van der Waals surface area contributed by atoms with Crippen molar-refractivity contribution in [3.8, 4) is 0 Å². The van der Waals surface area contributed by atoms with Crippen molar-refractivity contribution in [1.82, 2.24) is 4.90 Å². The van der Waals surface area contributed by atoms with Crippen LogP contribution >= 0.6 is 15.9 Å². The van der Waals surface area contributed by atoms with Crippen molar-refractivity contribution in [2.24, 2.45) is 0 Å². The van der Waals surface area contributed by atoms with Crippen LogP contribution in [0, 0.1) is 0 Å². The first kappa shape index (κ1) is 15.5. The first-order chi connectivity index (χ1) is 9.54. The Labute approximate surface area is 130 Å². The van der Waals surface area contributed by atoms with Crippen molar-refractivity contribution >= 4 is 27.5 Å². The number of para-hydroxylation sites is 1. The average molecular weight is 339 g/mol. The van der Waals surface area contributed by atoms with Gasteiger partial charge in [-0.05, 0) is 39.1 Å². The van der Waals surface area contributed by atoms with Gasteiger partial charge in [0.2, 0.25) is 5.91 Å². The molecule has 4 heteroatoms. The molecule has 1 amide bonds. The zero-order valence-electron chi connectivity index (χ0n) is 12.4. The number of rotatable bonds is 4. The molecule has 3 nitrogen and oxygen atoms in total. The standard InChI is InChI=1S/C16H23BrN2O/c1-4-16(20)19(13-8-6-5-7-9-13)15-11-12(17)10-14(15)18(2)3/h5-9,12,14-15H,4,10-11H2,1-3H3. The highest BCUT2D eigenvalue weighted by atomic mass is 79.9. The molecule has 20 heavy (non-hydrogen) atoms. The van der Waals surface area contributed by atoms with Gasteiger partial charge in [0.1, 0.15) is 0 Å². The van der Waals surface area contributed by atoms with Gasteiger partial charge in [-0.25, -0.2) is 0 Å². The Hall–Kier alpha value is -0.870. The first-order valence-electron chi connectivity index (χ1n) is 7.22. The third kappa shape index (κ3) is 3.23. The van der Waals surface area contributed by atoms with E-state index in [1.54, 1.807) is 0 Å². The second-order valence-electron chi connectivity index (χ2n) is 5.62. The van der Waals surface area contributed by atoms with E-state index in [2.05, 4.69) is 34.9 Å². The molecule has 3 unspecified atom stereocenters. The summed E-state index contributed by atoms with van der Waals surface area (Å²) in [5.41, 5.74) is 1.01. The predicted octanol–water partition coefficient (Wildman–Crippen LogP) is 3.29. The minimum atomic E-state index is 0.203. The van der Waals surface area contributed by atoms with E-state index in [1.807, 2.05) is 42.2 Å². The van der Waals surface area contributed by atoms with Crippen molar-refractivity contribution in [3.05, 3.63) is 30.3 Å². The zero-order valence-corrected chi connectivity index (χ0v) is 14.0. The second kappa shape index (κ2) is 6.72. The minimum absolute atomic E-state index is 0.203. The van der Waals surface area contributed by atoms with Gasteiger partial charge in [-0.2, -0.15) is 0 Å². The average Bonchev–Trinajstić information content (AvgIpc) is 2.82. The number of hydrogen-bond donors (Lipinski definition) is 0. The Morgan fingerprint density at radius 3 is 2.35 bits per heavy atom. The molecule has 1 aromatic carbocycles. The van der Waals surface area contributed by atoms with Crippen LogP contribution in [0.1, 0.15) is 26.2 Å². The maximum absolute atomic E-state index is 12.5. The topological polar surface area (TPSA) is 23.6 Å². The molecule has 0 saturated heterocycles. The lowest BCUT2D eigenvalue weighted by Gasteiger charge is -2.36. The maximum atomic E-state index is 12.5. The molecule has 2 rings (SSSR count). The molecule has 0 radical (unpaired) electrons. The number of halogens is 1. The number of carbonyl (C=O) groups is 1. The highest BCUT2D eigenvalue weighted by Gasteiger charge is 2.40. The Balaban J connectivity index is 2.34. The number of alkyl halides is 1. The van der Waals surface area contributed by atoms with Gasteiger partial charge in [0.05, 0.1) is 6.04 Å². The molecule has 1 fully saturated rings. The van der Waals surface area contributed by atoms with E-state index < -0.39 is 0 Å². The van der Waals surface area contributed by atoms with Gasteiger partial charge in [-0.15, -0.1) is 0 Å². The van der Waals surface area contributed by atoms with Crippen molar-refractivity contribution in [2.45, 2.75) is 43.1 Å². The quantitative estimate of drug-likeness (QED) is 0.786. The van der Waals surface area contributed by atoms with E-state index in [-0.39, 0.29) is 11.9 Å². The summed E-state index contributed by atoms with van der Waals surface area (Å²) in [4.78, 5) is 17.2. The Kier molecular flexibility index (Phi) is 5.22. The molecule has 0 aliphatic heterocycles. The predicted molar refractivity (Wildman–Crippen MR) is 87.4 cm³/mol. The molecule has 110 valence electrons. The van der Waals surface area contributed by atoms with E-state index in [0.29, 0.717) is 17.3 Å². The molecule has 1 aliphatic rings. The summed E-state index contributed by atoms with van der Waals surface area (Å²) in [6.07, 6.45) is 2.62. The highest BCUT2D eigenvalue weighted by molar-refractivity contribution is 9.09. The number of hydrogen-bond acceptors (Lipinski definition) is 2. The number of benzene rings is 1. The van der Waals surface area contributed by atoms with Crippen LogP contribution in [0.2, 0.25) is 0 Å². The fourth-order valence-electron chi connectivity index (χ4n) is 3.05. The molecule has 0 aromatic heterocycles. The van der Waals surface area contributed by atoms with Crippen molar-refractivity contribution in [1.29, 1.82) is 0 Å². The summed E-state index contributed by atoms with van der Waals surface area (Å²) >= 11 is 3.73.